The van der Waals surface area contributed by atoms with Gasteiger partial charge in [0.1, 0.15) is 23.6 Å². The van der Waals surface area contributed by atoms with E-state index in [1.54, 1.807) is 18.7 Å². The number of aromatic nitrogens is 5. The first kappa shape index (κ1) is 17.4. The summed E-state index contributed by atoms with van der Waals surface area (Å²) in [6.45, 7) is 2.95. The van der Waals surface area contributed by atoms with Crippen molar-refractivity contribution in [2.45, 2.75) is 25.7 Å². The second-order valence-corrected chi connectivity index (χ2v) is 7.94. The molecule has 5 heterocycles. The van der Waals surface area contributed by atoms with E-state index in [1.807, 2.05) is 29.0 Å². The summed E-state index contributed by atoms with van der Waals surface area (Å²) in [5.74, 6) is 1.34. The van der Waals surface area contributed by atoms with E-state index < -0.39 is 0 Å². The molecule has 4 aromatic rings. The lowest BCUT2D eigenvalue weighted by atomic mass is 9.93. The van der Waals surface area contributed by atoms with Gasteiger partial charge in [0.05, 0.1) is 42.4 Å². The summed E-state index contributed by atoms with van der Waals surface area (Å²) >= 11 is 0. The topological polar surface area (TPSA) is 66.5 Å². The summed E-state index contributed by atoms with van der Waals surface area (Å²) in [7, 11) is 1.96. The third-order valence-corrected chi connectivity index (χ3v) is 6.29. The number of pyridine rings is 1. The third-order valence-electron chi connectivity index (χ3n) is 6.29. The maximum absolute atomic E-state index is 14.7. The van der Waals surface area contributed by atoms with Crippen LogP contribution in [0.2, 0.25) is 0 Å². The van der Waals surface area contributed by atoms with Crippen molar-refractivity contribution in [2.75, 3.05) is 13.2 Å². The van der Waals surface area contributed by atoms with Gasteiger partial charge in [-0.05, 0) is 43.5 Å². The van der Waals surface area contributed by atoms with E-state index >= 15 is 0 Å². The molecule has 30 heavy (non-hydrogen) atoms. The lowest BCUT2D eigenvalue weighted by Crippen LogP contribution is -2.13. The summed E-state index contributed by atoms with van der Waals surface area (Å²) in [6.07, 6.45) is 4.64. The average molecular weight is 405 g/mol. The van der Waals surface area contributed by atoms with Gasteiger partial charge in [0.15, 0.2) is 5.65 Å². The van der Waals surface area contributed by atoms with Crippen LogP contribution < -0.4 is 9.47 Å². The van der Waals surface area contributed by atoms with Crippen molar-refractivity contribution < 1.29 is 13.9 Å². The molecule has 0 saturated heterocycles. The van der Waals surface area contributed by atoms with E-state index in [0.29, 0.717) is 26.1 Å². The minimum absolute atomic E-state index is 0.00768. The summed E-state index contributed by atoms with van der Waals surface area (Å²) in [5.41, 5.74) is 6.08. The second-order valence-electron chi connectivity index (χ2n) is 7.94. The minimum Gasteiger partial charge on any atom is -0.493 e. The number of ether oxygens (including phenoxy) is 2. The largest absolute Gasteiger partial charge is 0.493 e. The molecule has 1 aromatic carbocycles. The monoisotopic (exact) mass is 405 g/mol. The zero-order chi connectivity index (χ0) is 20.4. The van der Waals surface area contributed by atoms with E-state index in [0.717, 1.165) is 50.9 Å². The molecule has 2 aliphatic heterocycles. The van der Waals surface area contributed by atoms with E-state index in [9.17, 15) is 4.39 Å². The number of aryl methyl sites for hydroxylation is 2. The highest BCUT2D eigenvalue weighted by Crippen LogP contribution is 2.41. The lowest BCUT2D eigenvalue weighted by molar-refractivity contribution is 0.246. The number of hydrogen-bond acceptors (Lipinski definition) is 5. The fourth-order valence-corrected chi connectivity index (χ4v) is 4.60. The molecule has 0 aliphatic carbocycles. The smallest absolute Gasteiger partial charge is 0.170 e. The highest BCUT2D eigenvalue weighted by Gasteiger charge is 2.31. The second kappa shape index (κ2) is 6.29. The number of hydrogen-bond donors (Lipinski definition) is 0. The van der Waals surface area contributed by atoms with Gasteiger partial charge in [-0.1, -0.05) is 0 Å². The standard InChI is InChI=1S/C22H20FN5O2/c1-12-21(24-10-27(12)2)15-7-19-17(28-11-25-26-22(15)28)5-3-14-16(23)4-6-18-20(14)13(8-29-18)9-30-19/h4,6-7,10-11,13H,3,5,8-9H2,1-2H3/t13-/m1/s1. The van der Waals surface area contributed by atoms with Gasteiger partial charge < -0.3 is 14.0 Å². The zero-order valence-corrected chi connectivity index (χ0v) is 16.7. The van der Waals surface area contributed by atoms with E-state index in [4.69, 9.17) is 9.47 Å². The molecule has 0 N–H and O–H groups in total. The Kier molecular flexibility index (Phi) is 3.65. The number of fused-ring (bicyclic) bond motifs is 3. The van der Waals surface area contributed by atoms with Gasteiger partial charge in [-0.15, -0.1) is 10.2 Å². The molecule has 6 rings (SSSR count). The first-order valence-electron chi connectivity index (χ1n) is 10.0. The summed E-state index contributed by atoms with van der Waals surface area (Å²) in [6, 6.07) is 5.22. The number of halogens is 1. The van der Waals surface area contributed by atoms with Gasteiger partial charge in [0.2, 0.25) is 0 Å². The Hall–Kier alpha value is -3.42. The van der Waals surface area contributed by atoms with Gasteiger partial charge in [0, 0.05) is 18.3 Å². The van der Waals surface area contributed by atoms with Crippen molar-refractivity contribution in [3.8, 4) is 22.8 Å². The molecule has 0 spiro atoms. The van der Waals surface area contributed by atoms with Crippen molar-refractivity contribution in [2.24, 2.45) is 7.05 Å². The van der Waals surface area contributed by atoms with Crippen molar-refractivity contribution >= 4 is 5.65 Å². The van der Waals surface area contributed by atoms with E-state index in [2.05, 4.69) is 15.2 Å². The van der Waals surface area contributed by atoms with Crippen LogP contribution >= 0.6 is 0 Å². The molecule has 0 bridgehead atoms. The molecule has 7 nitrogen and oxygen atoms in total. The normalized spacial score (nSPS) is 17.5. The van der Waals surface area contributed by atoms with Gasteiger partial charge in [-0.25, -0.2) is 9.37 Å². The third kappa shape index (κ3) is 2.39. The molecule has 0 radical (unpaired) electrons. The number of rotatable bonds is 1. The van der Waals surface area contributed by atoms with Crippen molar-refractivity contribution in [1.82, 2.24) is 24.1 Å². The number of imidazole rings is 1. The number of nitrogens with zero attached hydrogens (tertiary/aromatic N) is 5. The van der Waals surface area contributed by atoms with Gasteiger partial charge >= 0.3 is 0 Å². The molecular formula is C22H20FN5O2. The fraction of sp³-hybridized carbons (Fsp3) is 0.318. The lowest BCUT2D eigenvalue weighted by Gasteiger charge is -2.16. The molecule has 0 unspecified atom stereocenters. The molecule has 3 aromatic heterocycles. The summed E-state index contributed by atoms with van der Waals surface area (Å²) in [4.78, 5) is 4.56. The Morgan fingerprint density at radius 3 is 2.73 bits per heavy atom. The SMILES string of the molecule is Cc1c(-c2cc3c(n4cnnc24)CCc2c(F)ccc4c2[C@H](CO4)CO3)ncn1C. The van der Waals surface area contributed by atoms with Crippen LogP contribution in [0.1, 0.15) is 28.4 Å². The summed E-state index contributed by atoms with van der Waals surface area (Å²) < 4.78 is 30.8. The Bertz CT molecular complexity index is 1310. The van der Waals surface area contributed by atoms with Crippen LogP contribution in [0.25, 0.3) is 16.9 Å². The highest BCUT2D eigenvalue weighted by molar-refractivity contribution is 5.78. The van der Waals surface area contributed by atoms with E-state index in [1.165, 1.54) is 6.07 Å². The van der Waals surface area contributed by atoms with Gasteiger partial charge in [0.25, 0.3) is 0 Å². The maximum atomic E-state index is 14.7. The van der Waals surface area contributed by atoms with Crippen molar-refractivity contribution in [1.29, 1.82) is 0 Å². The Balaban J connectivity index is 1.53. The first-order chi connectivity index (χ1) is 14.6. The first-order valence-corrected chi connectivity index (χ1v) is 10.0. The average Bonchev–Trinajstić information content (AvgIpc) is 3.46. The predicted octanol–water partition coefficient (Wildman–Crippen LogP) is 3.23. The van der Waals surface area contributed by atoms with Gasteiger partial charge in [-0.3, -0.25) is 4.40 Å². The zero-order valence-electron chi connectivity index (χ0n) is 16.7. The molecular weight excluding hydrogens is 385 g/mol. The van der Waals surface area contributed by atoms with Crippen molar-refractivity contribution in [3.05, 3.63) is 59.2 Å². The van der Waals surface area contributed by atoms with Crippen LogP contribution in [0.5, 0.6) is 11.5 Å². The molecule has 8 heteroatoms. The van der Waals surface area contributed by atoms with E-state index in [-0.39, 0.29) is 11.7 Å². The van der Waals surface area contributed by atoms with Crippen LogP contribution in [0, 0.1) is 12.7 Å². The highest BCUT2D eigenvalue weighted by atomic mass is 19.1. The molecule has 152 valence electrons. The van der Waals surface area contributed by atoms with Crippen LogP contribution in [0.4, 0.5) is 4.39 Å². The Labute approximate surface area is 172 Å². The molecule has 0 saturated carbocycles. The minimum atomic E-state index is -0.187. The Morgan fingerprint density at radius 2 is 1.93 bits per heavy atom. The van der Waals surface area contributed by atoms with Crippen molar-refractivity contribution in [3.63, 3.8) is 0 Å². The quantitative estimate of drug-likeness (QED) is 0.486. The fourth-order valence-electron chi connectivity index (χ4n) is 4.60. The summed E-state index contributed by atoms with van der Waals surface area (Å²) in [5, 5.41) is 8.49. The predicted molar refractivity (Wildman–Crippen MR) is 107 cm³/mol. The maximum Gasteiger partial charge on any atom is 0.170 e. The molecule has 2 aliphatic rings. The number of benzene rings is 1. The molecule has 0 amide bonds. The molecule has 0 fully saturated rings. The van der Waals surface area contributed by atoms with Crippen LogP contribution in [0.3, 0.4) is 0 Å². The van der Waals surface area contributed by atoms with Gasteiger partial charge in [-0.2, -0.15) is 0 Å². The van der Waals surface area contributed by atoms with Crippen LogP contribution in [-0.2, 0) is 19.9 Å². The van der Waals surface area contributed by atoms with Crippen LogP contribution in [-0.4, -0.2) is 37.4 Å². The molecule has 1 atom stereocenters. The van der Waals surface area contributed by atoms with Crippen LogP contribution in [0.15, 0.2) is 30.9 Å². The Morgan fingerprint density at radius 1 is 1.10 bits per heavy atom.